The molecule has 0 spiro atoms. The smallest absolute Gasteiger partial charge is 0.319 e. The average molecular weight is 612 g/mol. The van der Waals surface area contributed by atoms with Gasteiger partial charge in [0.15, 0.2) is 12.1 Å². The fourth-order valence-electron chi connectivity index (χ4n) is 7.55. The first-order valence-corrected chi connectivity index (χ1v) is 16.2. The molecule has 9 atom stereocenters. The highest BCUT2D eigenvalue weighted by molar-refractivity contribution is 6.04. The maximum absolute atomic E-state index is 14.2. The largest absolute Gasteiger partial charge is 0.463 e. The molecule has 1 saturated carbocycles. The SMILES string of the molecule is CO[C@]1(C)C[C@@H](C)CN(C)[C@@H](C2(CCN(C)C)CC2)COC(=O)C(C)(C)C(=O)[C@H](C)[C@H]1O[C@@H]1O[C@H](C)C[C@H](N(C)C)[C@H]1O. The minimum atomic E-state index is -1.40. The van der Waals surface area contributed by atoms with Crippen LogP contribution in [0, 0.1) is 22.7 Å². The van der Waals surface area contributed by atoms with Crippen LogP contribution in [0.4, 0.5) is 0 Å². The summed E-state index contributed by atoms with van der Waals surface area (Å²) in [5.74, 6) is -1.37. The van der Waals surface area contributed by atoms with Gasteiger partial charge in [0.2, 0.25) is 0 Å². The summed E-state index contributed by atoms with van der Waals surface area (Å²) in [6.45, 7) is 13.2. The van der Waals surface area contributed by atoms with E-state index in [1.54, 1.807) is 27.9 Å². The van der Waals surface area contributed by atoms with Gasteiger partial charge >= 0.3 is 5.97 Å². The van der Waals surface area contributed by atoms with E-state index in [-0.39, 0.29) is 41.9 Å². The fraction of sp³-hybridized carbons (Fsp3) is 0.939. The van der Waals surface area contributed by atoms with Crippen molar-refractivity contribution < 1.29 is 33.6 Å². The van der Waals surface area contributed by atoms with Crippen molar-refractivity contribution in [3.63, 3.8) is 0 Å². The van der Waals surface area contributed by atoms with Gasteiger partial charge in [0, 0.05) is 31.7 Å². The van der Waals surface area contributed by atoms with Gasteiger partial charge in [-0.2, -0.15) is 0 Å². The predicted octanol–water partition coefficient (Wildman–Crippen LogP) is 3.05. The molecule has 3 rings (SSSR count). The van der Waals surface area contributed by atoms with Crippen LogP contribution in [0.25, 0.3) is 0 Å². The number of rotatable bonds is 8. The number of aliphatic hydroxyl groups is 1. The minimum Gasteiger partial charge on any atom is -0.463 e. The molecular weight excluding hydrogens is 550 g/mol. The lowest BCUT2D eigenvalue weighted by Gasteiger charge is -2.47. The van der Waals surface area contributed by atoms with Crippen molar-refractivity contribution in [3.8, 4) is 0 Å². The quantitative estimate of drug-likeness (QED) is 0.326. The Labute approximate surface area is 260 Å². The first-order chi connectivity index (χ1) is 19.9. The second-order valence-corrected chi connectivity index (χ2v) is 15.2. The van der Waals surface area contributed by atoms with Crippen molar-refractivity contribution in [2.75, 3.05) is 62.0 Å². The number of carbonyl (C=O) groups excluding carboxylic acids is 2. The first-order valence-electron chi connectivity index (χ1n) is 16.2. The van der Waals surface area contributed by atoms with Crippen molar-refractivity contribution in [3.05, 3.63) is 0 Å². The third-order valence-corrected chi connectivity index (χ3v) is 10.5. The number of ketones is 1. The number of ether oxygens (including phenoxy) is 4. The van der Waals surface area contributed by atoms with Crippen LogP contribution in [0.3, 0.4) is 0 Å². The maximum Gasteiger partial charge on any atom is 0.319 e. The highest BCUT2D eigenvalue weighted by atomic mass is 16.7. The Morgan fingerprint density at radius 1 is 1.07 bits per heavy atom. The average Bonchev–Trinajstić information content (AvgIpc) is 3.70. The molecule has 2 heterocycles. The summed E-state index contributed by atoms with van der Waals surface area (Å²) in [5.41, 5.74) is -2.21. The summed E-state index contributed by atoms with van der Waals surface area (Å²) in [5, 5.41) is 11.3. The van der Waals surface area contributed by atoms with Crippen LogP contribution in [-0.4, -0.2) is 136 Å². The van der Waals surface area contributed by atoms with E-state index in [9.17, 15) is 14.7 Å². The standard InChI is InChI=1S/C33H61N3O7/c1-21-18-32(6,40-12)28(43-29-26(37)24(35(9)10)17-22(2)42-29)23(3)27(38)31(4,5)30(39)41-20-25(36(11)19-21)33(13-14-33)15-16-34(7)8/h21-26,28-29,37H,13-20H2,1-12H3/t21-,22-,23+,24+,25-,26-,28-,29+,32-/m1/s1. The van der Waals surface area contributed by atoms with Crippen LogP contribution < -0.4 is 0 Å². The summed E-state index contributed by atoms with van der Waals surface area (Å²) in [6, 6.07) is -0.111. The van der Waals surface area contributed by atoms with Gasteiger partial charge in [-0.15, -0.1) is 0 Å². The van der Waals surface area contributed by atoms with E-state index in [4.69, 9.17) is 18.9 Å². The van der Waals surface area contributed by atoms with Crippen LogP contribution in [-0.2, 0) is 28.5 Å². The molecule has 0 amide bonds. The topological polar surface area (TPSA) is 101 Å². The van der Waals surface area contributed by atoms with Gasteiger partial charge in [-0.1, -0.05) is 13.8 Å². The summed E-state index contributed by atoms with van der Waals surface area (Å²) < 4.78 is 25.0. The van der Waals surface area contributed by atoms with Crippen LogP contribution in [0.2, 0.25) is 0 Å². The van der Waals surface area contributed by atoms with E-state index >= 15 is 0 Å². The van der Waals surface area contributed by atoms with E-state index in [1.165, 1.54) is 0 Å². The number of hydrogen-bond donors (Lipinski definition) is 1. The lowest BCUT2D eigenvalue weighted by atomic mass is 9.74. The Morgan fingerprint density at radius 2 is 1.70 bits per heavy atom. The molecule has 3 fully saturated rings. The Bertz CT molecular complexity index is 955. The summed E-state index contributed by atoms with van der Waals surface area (Å²) in [6.07, 6.45) is 1.70. The van der Waals surface area contributed by atoms with E-state index < -0.39 is 41.4 Å². The second-order valence-electron chi connectivity index (χ2n) is 15.2. The van der Waals surface area contributed by atoms with Gasteiger partial charge in [-0.3, -0.25) is 14.5 Å². The van der Waals surface area contributed by atoms with Crippen LogP contribution >= 0.6 is 0 Å². The molecule has 0 aromatic rings. The fourth-order valence-corrected chi connectivity index (χ4v) is 7.55. The van der Waals surface area contributed by atoms with Crippen molar-refractivity contribution in [2.45, 2.75) is 116 Å². The summed E-state index contributed by atoms with van der Waals surface area (Å²) in [7, 11) is 11.8. The van der Waals surface area contributed by atoms with Gasteiger partial charge in [0.25, 0.3) is 0 Å². The van der Waals surface area contributed by atoms with Crippen molar-refractivity contribution in [1.29, 1.82) is 0 Å². The van der Waals surface area contributed by atoms with Gasteiger partial charge in [-0.25, -0.2) is 0 Å². The van der Waals surface area contributed by atoms with Gasteiger partial charge in [-0.05, 0) is 113 Å². The maximum atomic E-state index is 14.2. The number of cyclic esters (lactones) is 1. The number of nitrogens with zero attached hydrogens (tertiary/aromatic N) is 3. The zero-order chi connectivity index (χ0) is 32.5. The Hall–Kier alpha value is -1.14. The van der Waals surface area contributed by atoms with E-state index in [1.807, 2.05) is 32.8 Å². The van der Waals surface area contributed by atoms with Crippen molar-refractivity contribution >= 4 is 11.8 Å². The molecule has 1 N–H and O–H groups in total. The minimum absolute atomic E-state index is 0.0546. The molecule has 250 valence electrons. The third kappa shape index (κ3) is 8.18. The van der Waals surface area contributed by atoms with Gasteiger partial charge in [0.1, 0.15) is 18.1 Å². The molecule has 3 aliphatic rings. The molecule has 0 aromatic carbocycles. The van der Waals surface area contributed by atoms with Crippen LogP contribution in [0.15, 0.2) is 0 Å². The zero-order valence-corrected chi connectivity index (χ0v) is 29.0. The number of carbonyl (C=O) groups is 2. The highest BCUT2D eigenvalue weighted by Gasteiger charge is 2.54. The number of esters is 1. The predicted molar refractivity (Wildman–Crippen MR) is 167 cm³/mol. The van der Waals surface area contributed by atoms with E-state index in [0.717, 1.165) is 32.4 Å². The molecule has 0 radical (unpaired) electrons. The molecule has 43 heavy (non-hydrogen) atoms. The number of methoxy groups -OCH3 is 1. The van der Waals surface area contributed by atoms with Crippen LogP contribution in [0.1, 0.15) is 73.6 Å². The highest BCUT2D eigenvalue weighted by Crippen LogP contribution is 2.53. The van der Waals surface area contributed by atoms with Crippen molar-refractivity contribution in [2.24, 2.45) is 22.7 Å². The third-order valence-electron chi connectivity index (χ3n) is 10.5. The molecule has 10 nitrogen and oxygen atoms in total. The van der Waals surface area contributed by atoms with E-state index in [0.29, 0.717) is 12.8 Å². The number of likely N-dealkylation sites (N-methyl/N-ethyl adjacent to an activating group) is 2. The molecule has 0 bridgehead atoms. The summed E-state index contributed by atoms with van der Waals surface area (Å²) >= 11 is 0. The molecule has 2 aliphatic heterocycles. The lowest BCUT2D eigenvalue weighted by molar-refractivity contribution is -0.295. The normalized spacial score (nSPS) is 39.6. The number of aliphatic hydroxyl groups excluding tert-OH is 1. The lowest BCUT2D eigenvalue weighted by Crippen LogP contribution is -2.59. The monoisotopic (exact) mass is 611 g/mol. The molecular formula is C33H61N3O7. The Balaban J connectivity index is 1.99. The molecule has 2 saturated heterocycles. The van der Waals surface area contributed by atoms with Gasteiger partial charge < -0.3 is 33.9 Å². The zero-order valence-electron chi connectivity index (χ0n) is 29.0. The molecule has 0 aromatic heterocycles. The number of Topliss-reactive ketones (excluding diaryl/α,β-unsaturated/α-hetero) is 1. The van der Waals surface area contributed by atoms with Crippen LogP contribution in [0.5, 0.6) is 0 Å². The Morgan fingerprint density at radius 3 is 2.23 bits per heavy atom. The Kier molecular flexibility index (Phi) is 11.9. The van der Waals surface area contributed by atoms with Gasteiger partial charge in [0.05, 0.1) is 17.8 Å². The van der Waals surface area contributed by atoms with Crippen molar-refractivity contribution in [1.82, 2.24) is 14.7 Å². The molecule has 1 aliphatic carbocycles. The summed E-state index contributed by atoms with van der Waals surface area (Å²) in [4.78, 5) is 34.4. The molecule has 10 heteroatoms. The molecule has 0 unspecified atom stereocenters. The second kappa shape index (κ2) is 14.1. The van der Waals surface area contributed by atoms with E-state index in [2.05, 4.69) is 37.9 Å². The first kappa shape index (κ1) is 36.3. The number of hydrogen-bond acceptors (Lipinski definition) is 10.